The van der Waals surface area contributed by atoms with Crippen molar-refractivity contribution in [1.29, 1.82) is 0 Å². The number of benzene rings is 1. The molecule has 3 heteroatoms. The lowest BCUT2D eigenvalue weighted by molar-refractivity contribution is 0.0288. The minimum Gasteiger partial charge on any atom is -0.508 e. The summed E-state index contributed by atoms with van der Waals surface area (Å²) in [5, 5.41) is 19.4. The van der Waals surface area contributed by atoms with Gasteiger partial charge in [0.05, 0.1) is 6.10 Å². The van der Waals surface area contributed by atoms with Gasteiger partial charge in [-0.15, -0.1) is 0 Å². The van der Waals surface area contributed by atoms with Gasteiger partial charge in [-0.2, -0.15) is 0 Å². The van der Waals surface area contributed by atoms with Crippen molar-refractivity contribution in [2.24, 2.45) is 0 Å². The highest BCUT2D eigenvalue weighted by molar-refractivity contribution is 5.27. The second-order valence-corrected chi connectivity index (χ2v) is 5.00. The Hall–Kier alpha value is -1.06. The van der Waals surface area contributed by atoms with E-state index in [0.717, 1.165) is 31.4 Å². The van der Waals surface area contributed by atoms with Gasteiger partial charge in [0.25, 0.3) is 0 Å². The molecule has 2 atom stereocenters. The molecule has 0 amide bonds. The van der Waals surface area contributed by atoms with Crippen molar-refractivity contribution in [2.45, 2.75) is 44.4 Å². The van der Waals surface area contributed by atoms with Crippen LogP contribution >= 0.6 is 0 Å². The number of phenolic OH excluding ortho intramolecular Hbond substituents is 1. The second kappa shape index (κ2) is 5.52. The summed E-state index contributed by atoms with van der Waals surface area (Å²) < 4.78 is 0. The van der Waals surface area contributed by atoms with Crippen LogP contribution in [0, 0.1) is 0 Å². The van der Waals surface area contributed by atoms with Gasteiger partial charge in [-0.05, 0) is 37.6 Å². The molecule has 2 unspecified atom stereocenters. The normalized spacial score (nSPS) is 25.1. The number of aliphatic hydroxyl groups is 1. The van der Waals surface area contributed by atoms with Crippen molar-refractivity contribution in [1.82, 2.24) is 4.90 Å². The van der Waals surface area contributed by atoms with Crippen LogP contribution in [0.2, 0.25) is 0 Å². The summed E-state index contributed by atoms with van der Waals surface area (Å²) in [6, 6.07) is 7.58. The Morgan fingerprint density at radius 1 is 1.29 bits per heavy atom. The van der Waals surface area contributed by atoms with E-state index in [1.165, 1.54) is 6.42 Å². The topological polar surface area (TPSA) is 43.7 Å². The smallest absolute Gasteiger partial charge is 0.115 e. The van der Waals surface area contributed by atoms with Gasteiger partial charge in [0, 0.05) is 12.6 Å². The number of hydrogen-bond acceptors (Lipinski definition) is 3. The van der Waals surface area contributed by atoms with E-state index in [2.05, 4.69) is 4.90 Å². The maximum absolute atomic E-state index is 9.98. The van der Waals surface area contributed by atoms with Gasteiger partial charge in [0.15, 0.2) is 0 Å². The standard InChI is InChI=1S/C14H21NO2/c1-15(13-7-2-3-8-14(13)17)10-11-5-4-6-12(16)9-11/h4-6,9,13-14,16-17H,2-3,7-8,10H2,1H3. The molecule has 0 saturated heterocycles. The van der Waals surface area contributed by atoms with Gasteiger partial charge in [-0.25, -0.2) is 0 Å². The molecule has 0 aliphatic heterocycles. The molecule has 1 aromatic carbocycles. The SMILES string of the molecule is CN(Cc1cccc(O)c1)C1CCCCC1O. The summed E-state index contributed by atoms with van der Waals surface area (Å²) in [6.07, 6.45) is 4.11. The number of hydrogen-bond donors (Lipinski definition) is 2. The first kappa shape index (κ1) is 12.4. The Balaban J connectivity index is 1.98. The van der Waals surface area contributed by atoms with E-state index in [1.54, 1.807) is 12.1 Å². The van der Waals surface area contributed by atoms with Crippen LogP contribution in [-0.4, -0.2) is 34.3 Å². The number of aliphatic hydroxyl groups excluding tert-OH is 1. The third kappa shape index (κ3) is 3.20. The fourth-order valence-electron chi connectivity index (χ4n) is 2.67. The molecule has 94 valence electrons. The molecule has 0 heterocycles. The maximum Gasteiger partial charge on any atom is 0.115 e. The van der Waals surface area contributed by atoms with Crippen LogP contribution in [0.1, 0.15) is 31.2 Å². The van der Waals surface area contributed by atoms with Crippen LogP contribution in [0.5, 0.6) is 5.75 Å². The van der Waals surface area contributed by atoms with Gasteiger partial charge in [0.2, 0.25) is 0 Å². The van der Waals surface area contributed by atoms with Crippen LogP contribution in [0.15, 0.2) is 24.3 Å². The van der Waals surface area contributed by atoms with Gasteiger partial charge in [0.1, 0.15) is 5.75 Å². The number of rotatable bonds is 3. The monoisotopic (exact) mass is 235 g/mol. The molecule has 17 heavy (non-hydrogen) atoms. The van der Waals surface area contributed by atoms with E-state index in [-0.39, 0.29) is 12.1 Å². The summed E-state index contributed by atoms with van der Waals surface area (Å²) >= 11 is 0. The molecule has 1 aliphatic carbocycles. The average Bonchev–Trinajstić information content (AvgIpc) is 2.29. The minimum atomic E-state index is -0.203. The van der Waals surface area contributed by atoms with Gasteiger partial charge in [-0.1, -0.05) is 25.0 Å². The Labute approximate surface area is 103 Å². The lowest BCUT2D eigenvalue weighted by Crippen LogP contribution is -2.42. The van der Waals surface area contributed by atoms with Crippen molar-refractivity contribution in [3.8, 4) is 5.75 Å². The second-order valence-electron chi connectivity index (χ2n) is 5.00. The molecule has 0 aromatic heterocycles. The Bertz CT molecular complexity index is 367. The molecule has 3 nitrogen and oxygen atoms in total. The van der Waals surface area contributed by atoms with E-state index < -0.39 is 0 Å². The van der Waals surface area contributed by atoms with Gasteiger partial charge < -0.3 is 10.2 Å². The van der Waals surface area contributed by atoms with E-state index in [1.807, 2.05) is 19.2 Å². The molecule has 1 aromatic rings. The molecule has 1 saturated carbocycles. The van der Waals surface area contributed by atoms with Crippen molar-refractivity contribution < 1.29 is 10.2 Å². The van der Waals surface area contributed by atoms with E-state index in [0.29, 0.717) is 5.75 Å². The minimum absolute atomic E-state index is 0.203. The summed E-state index contributed by atoms with van der Waals surface area (Å²) in [6.45, 7) is 0.774. The molecule has 0 spiro atoms. The molecule has 1 aliphatic rings. The van der Waals surface area contributed by atoms with Crippen molar-refractivity contribution in [2.75, 3.05) is 7.05 Å². The van der Waals surface area contributed by atoms with Gasteiger partial charge >= 0.3 is 0 Å². The van der Waals surface area contributed by atoms with Crippen LogP contribution < -0.4 is 0 Å². The summed E-state index contributed by atoms with van der Waals surface area (Å²) in [7, 11) is 2.04. The summed E-state index contributed by atoms with van der Waals surface area (Å²) in [5.41, 5.74) is 1.09. The van der Waals surface area contributed by atoms with Gasteiger partial charge in [-0.3, -0.25) is 4.90 Å². The molecule has 1 fully saturated rings. The number of aromatic hydroxyl groups is 1. The summed E-state index contributed by atoms with van der Waals surface area (Å²) in [4.78, 5) is 2.19. The van der Waals surface area contributed by atoms with Crippen LogP contribution in [0.25, 0.3) is 0 Å². The molecular formula is C14H21NO2. The van der Waals surface area contributed by atoms with Crippen LogP contribution in [0.3, 0.4) is 0 Å². The first-order chi connectivity index (χ1) is 8.16. The predicted molar refractivity (Wildman–Crippen MR) is 67.8 cm³/mol. The quantitative estimate of drug-likeness (QED) is 0.843. The van der Waals surface area contributed by atoms with Crippen molar-refractivity contribution in [3.63, 3.8) is 0 Å². The fourth-order valence-corrected chi connectivity index (χ4v) is 2.67. The highest BCUT2D eigenvalue weighted by atomic mass is 16.3. The first-order valence-corrected chi connectivity index (χ1v) is 6.33. The molecule has 2 rings (SSSR count). The van der Waals surface area contributed by atoms with Crippen molar-refractivity contribution >= 4 is 0 Å². The zero-order chi connectivity index (χ0) is 12.3. The van der Waals surface area contributed by atoms with E-state index in [4.69, 9.17) is 0 Å². The number of likely N-dealkylation sites (N-methyl/N-ethyl adjacent to an activating group) is 1. The Morgan fingerprint density at radius 3 is 2.76 bits per heavy atom. The molecule has 2 N–H and O–H groups in total. The number of phenols is 1. The largest absolute Gasteiger partial charge is 0.508 e. The molecule has 0 radical (unpaired) electrons. The Kier molecular flexibility index (Phi) is 4.02. The Morgan fingerprint density at radius 2 is 2.06 bits per heavy atom. The van der Waals surface area contributed by atoms with Crippen LogP contribution in [0.4, 0.5) is 0 Å². The molecular weight excluding hydrogens is 214 g/mol. The lowest BCUT2D eigenvalue weighted by Gasteiger charge is -2.35. The average molecular weight is 235 g/mol. The number of nitrogens with zero attached hydrogens (tertiary/aromatic N) is 1. The van der Waals surface area contributed by atoms with Crippen molar-refractivity contribution in [3.05, 3.63) is 29.8 Å². The van der Waals surface area contributed by atoms with Crippen LogP contribution in [-0.2, 0) is 6.54 Å². The lowest BCUT2D eigenvalue weighted by atomic mass is 9.91. The predicted octanol–water partition coefficient (Wildman–Crippen LogP) is 2.13. The van der Waals surface area contributed by atoms with E-state index >= 15 is 0 Å². The third-order valence-corrected chi connectivity index (χ3v) is 3.60. The fraction of sp³-hybridized carbons (Fsp3) is 0.571. The highest BCUT2D eigenvalue weighted by Crippen LogP contribution is 2.24. The zero-order valence-electron chi connectivity index (χ0n) is 10.3. The highest BCUT2D eigenvalue weighted by Gasteiger charge is 2.26. The third-order valence-electron chi connectivity index (χ3n) is 3.60. The summed E-state index contributed by atoms with van der Waals surface area (Å²) in [5.74, 6) is 0.306. The molecule has 0 bridgehead atoms. The first-order valence-electron chi connectivity index (χ1n) is 6.33. The maximum atomic E-state index is 9.98. The van der Waals surface area contributed by atoms with E-state index in [9.17, 15) is 10.2 Å². The zero-order valence-corrected chi connectivity index (χ0v) is 10.3.